The Bertz CT molecular complexity index is 804. The maximum absolute atomic E-state index is 12.8. The minimum absolute atomic E-state index is 0.272. The van der Waals surface area contributed by atoms with Crippen LogP contribution in [0.25, 0.3) is 0 Å². The Morgan fingerprint density at radius 1 is 1.21 bits per heavy atom. The largest absolute Gasteiger partial charge is 0.325 e. The van der Waals surface area contributed by atoms with E-state index in [0.29, 0.717) is 23.7 Å². The maximum atomic E-state index is 12.8. The average molecular weight is 385 g/mol. The van der Waals surface area contributed by atoms with Crippen LogP contribution in [0.5, 0.6) is 0 Å². The van der Waals surface area contributed by atoms with Crippen LogP contribution in [-0.4, -0.2) is 31.2 Å². The van der Waals surface area contributed by atoms with Crippen LogP contribution in [0.1, 0.15) is 19.3 Å². The van der Waals surface area contributed by atoms with Crippen LogP contribution in [-0.2, 0) is 14.8 Å². The number of halogens is 1. The average Bonchev–Trinajstić information content (AvgIpc) is 3.12. The second kappa shape index (κ2) is 7.23. The first kappa shape index (κ1) is 17.4. The van der Waals surface area contributed by atoms with E-state index in [-0.39, 0.29) is 10.1 Å². The molecule has 1 N–H and O–H groups in total. The lowest BCUT2D eigenvalue weighted by Crippen LogP contribution is -2.49. The highest BCUT2D eigenvalue weighted by atomic mass is 35.5. The van der Waals surface area contributed by atoms with Crippen molar-refractivity contribution < 1.29 is 13.2 Å². The predicted octanol–water partition coefficient (Wildman–Crippen LogP) is 3.58. The van der Waals surface area contributed by atoms with Crippen LogP contribution < -0.4 is 5.32 Å². The van der Waals surface area contributed by atoms with Gasteiger partial charge in [-0.05, 0) is 48.6 Å². The quantitative estimate of drug-likeness (QED) is 0.876. The highest BCUT2D eigenvalue weighted by Gasteiger charge is 2.38. The summed E-state index contributed by atoms with van der Waals surface area (Å²) in [6.45, 7) is 0.360. The van der Waals surface area contributed by atoms with Gasteiger partial charge in [-0.2, -0.15) is 4.31 Å². The van der Waals surface area contributed by atoms with Gasteiger partial charge in [0.05, 0.1) is 0 Å². The lowest BCUT2D eigenvalue weighted by atomic mass is 10.0. The molecule has 128 valence electrons. The van der Waals surface area contributed by atoms with Crippen molar-refractivity contribution in [2.45, 2.75) is 29.5 Å². The molecule has 1 aliphatic rings. The van der Waals surface area contributed by atoms with Crippen molar-refractivity contribution in [1.82, 2.24) is 4.31 Å². The molecule has 1 unspecified atom stereocenters. The molecule has 1 saturated heterocycles. The van der Waals surface area contributed by atoms with E-state index in [2.05, 4.69) is 5.32 Å². The summed E-state index contributed by atoms with van der Waals surface area (Å²) in [5, 5.41) is 5.08. The van der Waals surface area contributed by atoms with Crippen LogP contribution in [0.15, 0.2) is 46.0 Å². The van der Waals surface area contributed by atoms with E-state index in [1.165, 1.54) is 15.6 Å². The summed E-state index contributed by atoms with van der Waals surface area (Å²) < 4.78 is 27.2. The molecule has 0 spiro atoms. The second-order valence-corrected chi connectivity index (χ2v) is 9.06. The zero-order valence-electron chi connectivity index (χ0n) is 12.8. The Hall–Kier alpha value is -1.41. The van der Waals surface area contributed by atoms with Crippen molar-refractivity contribution in [3.05, 3.63) is 46.8 Å². The third-order valence-corrected chi connectivity index (χ3v) is 7.46. The summed E-state index contributed by atoms with van der Waals surface area (Å²) >= 11 is 7.00. The second-order valence-electron chi connectivity index (χ2n) is 5.56. The van der Waals surface area contributed by atoms with E-state index in [9.17, 15) is 13.2 Å². The minimum Gasteiger partial charge on any atom is -0.325 e. The first-order valence-electron chi connectivity index (χ1n) is 7.60. The molecule has 1 fully saturated rings. The van der Waals surface area contributed by atoms with Gasteiger partial charge in [0.15, 0.2) is 0 Å². The van der Waals surface area contributed by atoms with E-state index in [4.69, 9.17) is 11.6 Å². The summed E-state index contributed by atoms with van der Waals surface area (Å²) in [5.74, 6) is -0.308. The molecular weight excluding hydrogens is 368 g/mol. The Kier molecular flexibility index (Phi) is 5.24. The molecule has 1 atom stereocenters. The normalized spacial score (nSPS) is 19.1. The Morgan fingerprint density at radius 2 is 1.96 bits per heavy atom. The van der Waals surface area contributed by atoms with Crippen molar-refractivity contribution in [2.24, 2.45) is 0 Å². The third-order valence-electron chi connectivity index (χ3n) is 3.93. The molecule has 24 heavy (non-hydrogen) atoms. The Morgan fingerprint density at radius 3 is 2.62 bits per heavy atom. The number of carbonyl (C=O) groups excluding carboxylic acids is 1. The molecule has 1 amide bonds. The molecule has 3 rings (SSSR count). The molecule has 8 heteroatoms. The molecular formula is C16H17ClN2O3S2. The number of hydrogen-bond donors (Lipinski definition) is 1. The van der Waals surface area contributed by atoms with Gasteiger partial charge >= 0.3 is 0 Å². The highest BCUT2D eigenvalue weighted by molar-refractivity contribution is 7.91. The lowest BCUT2D eigenvalue weighted by molar-refractivity contribution is -0.120. The number of nitrogens with one attached hydrogen (secondary N) is 1. The van der Waals surface area contributed by atoms with E-state index in [1.807, 2.05) is 0 Å². The molecule has 2 aromatic rings. The van der Waals surface area contributed by atoms with Gasteiger partial charge in [-0.25, -0.2) is 8.42 Å². The molecule has 5 nitrogen and oxygen atoms in total. The monoisotopic (exact) mass is 384 g/mol. The number of nitrogens with zero attached hydrogens (tertiary/aromatic N) is 1. The van der Waals surface area contributed by atoms with Crippen molar-refractivity contribution in [3.8, 4) is 0 Å². The number of carbonyl (C=O) groups is 1. The topological polar surface area (TPSA) is 66.5 Å². The van der Waals surface area contributed by atoms with Gasteiger partial charge in [-0.15, -0.1) is 11.3 Å². The van der Waals surface area contributed by atoms with Crippen LogP contribution in [0.2, 0.25) is 5.02 Å². The minimum atomic E-state index is -3.64. The molecule has 0 saturated carbocycles. The Labute approximate surface area is 150 Å². The van der Waals surface area contributed by atoms with E-state index in [1.54, 1.807) is 41.8 Å². The van der Waals surface area contributed by atoms with Crippen molar-refractivity contribution in [3.63, 3.8) is 0 Å². The fourth-order valence-electron chi connectivity index (χ4n) is 2.74. The van der Waals surface area contributed by atoms with E-state index in [0.717, 1.165) is 12.8 Å². The third kappa shape index (κ3) is 3.64. The predicted molar refractivity (Wildman–Crippen MR) is 95.9 cm³/mol. The molecule has 0 aliphatic carbocycles. The summed E-state index contributed by atoms with van der Waals surface area (Å²) in [6, 6.07) is 9.33. The molecule has 1 aromatic carbocycles. The van der Waals surface area contributed by atoms with Gasteiger partial charge in [0.1, 0.15) is 10.3 Å². The van der Waals surface area contributed by atoms with Crippen LogP contribution in [0, 0.1) is 0 Å². The first-order valence-corrected chi connectivity index (χ1v) is 10.3. The van der Waals surface area contributed by atoms with E-state index >= 15 is 0 Å². The number of thiophene rings is 1. The standard InChI is InChI=1S/C16H17ClN2O3S2/c17-12-6-8-13(9-7-12)18-16(20)14-4-1-2-10-19(14)24(21,22)15-5-3-11-23-15/h3,5-9,11,14H,1-2,4,10H2,(H,18,20). The van der Waals surface area contributed by atoms with Crippen LogP contribution >= 0.6 is 22.9 Å². The number of piperidine rings is 1. The summed E-state index contributed by atoms with van der Waals surface area (Å²) in [5.41, 5.74) is 0.600. The summed E-state index contributed by atoms with van der Waals surface area (Å²) in [6.07, 6.45) is 2.11. The first-order chi connectivity index (χ1) is 11.5. The van der Waals surface area contributed by atoms with Gasteiger partial charge in [0, 0.05) is 17.3 Å². The number of sulfonamides is 1. The molecule has 2 heterocycles. The number of benzene rings is 1. The van der Waals surface area contributed by atoms with Gasteiger partial charge in [-0.1, -0.05) is 24.1 Å². The fourth-order valence-corrected chi connectivity index (χ4v) is 5.64. The van der Waals surface area contributed by atoms with Gasteiger partial charge in [0.2, 0.25) is 5.91 Å². The molecule has 1 aliphatic heterocycles. The van der Waals surface area contributed by atoms with Crippen molar-refractivity contribution >= 4 is 44.6 Å². The maximum Gasteiger partial charge on any atom is 0.253 e. The summed E-state index contributed by atoms with van der Waals surface area (Å²) in [4.78, 5) is 12.6. The van der Waals surface area contributed by atoms with Crippen molar-refractivity contribution in [1.29, 1.82) is 0 Å². The van der Waals surface area contributed by atoms with Gasteiger partial charge in [-0.3, -0.25) is 4.79 Å². The fraction of sp³-hybridized carbons (Fsp3) is 0.312. The zero-order chi connectivity index (χ0) is 17.2. The number of hydrogen-bond acceptors (Lipinski definition) is 4. The number of rotatable bonds is 4. The molecule has 0 bridgehead atoms. The smallest absolute Gasteiger partial charge is 0.253 e. The summed E-state index contributed by atoms with van der Waals surface area (Å²) in [7, 11) is -3.64. The van der Waals surface area contributed by atoms with Gasteiger partial charge in [0.25, 0.3) is 10.0 Å². The van der Waals surface area contributed by atoms with Crippen molar-refractivity contribution in [2.75, 3.05) is 11.9 Å². The van der Waals surface area contributed by atoms with E-state index < -0.39 is 16.1 Å². The van der Waals surface area contributed by atoms with Crippen LogP contribution in [0.3, 0.4) is 0 Å². The SMILES string of the molecule is O=C(Nc1ccc(Cl)cc1)C1CCCCN1S(=O)(=O)c1cccs1. The zero-order valence-corrected chi connectivity index (χ0v) is 15.2. The molecule has 0 radical (unpaired) electrons. The lowest BCUT2D eigenvalue weighted by Gasteiger charge is -2.33. The number of amides is 1. The number of anilines is 1. The van der Waals surface area contributed by atoms with Crippen LogP contribution in [0.4, 0.5) is 5.69 Å². The molecule has 1 aromatic heterocycles. The highest BCUT2D eigenvalue weighted by Crippen LogP contribution is 2.28. The van der Waals surface area contributed by atoms with Gasteiger partial charge < -0.3 is 5.32 Å². The Balaban J connectivity index is 1.81.